The van der Waals surface area contributed by atoms with Gasteiger partial charge < -0.3 is 10.6 Å². The fourth-order valence-corrected chi connectivity index (χ4v) is 3.33. The number of anilines is 3. The van der Waals surface area contributed by atoms with Crippen LogP contribution in [0.2, 0.25) is 0 Å². The lowest BCUT2D eigenvalue weighted by molar-refractivity contribution is 0.598. The topological polar surface area (TPSA) is 110 Å². The van der Waals surface area contributed by atoms with Gasteiger partial charge in [0.05, 0.1) is 4.90 Å². The van der Waals surface area contributed by atoms with Crippen LogP contribution >= 0.6 is 0 Å². The highest BCUT2D eigenvalue weighted by molar-refractivity contribution is 7.89. The van der Waals surface area contributed by atoms with E-state index in [1.54, 1.807) is 18.3 Å². The number of aromatic nitrogens is 2. The van der Waals surface area contributed by atoms with Crippen LogP contribution in [0.25, 0.3) is 0 Å². The lowest BCUT2D eigenvalue weighted by atomic mass is 10.1. The summed E-state index contributed by atoms with van der Waals surface area (Å²) in [6.07, 6.45) is 2.40. The van der Waals surface area contributed by atoms with Crippen molar-refractivity contribution in [2.75, 3.05) is 17.2 Å². The molecule has 0 saturated carbocycles. The molecular formula is C20H23N5O2S. The molecule has 146 valence electrons. The fraction of sp³-hybridized carbons (Fsp3) is 0.200. The van der Waals surface area contributed by atoms with E-state index in [9.17, 15) is 8.42 Å². The van der Waals surface area contributed by atoms with E-state index >= 15 is 0 Å². The summed E-state index contributed by atoms with van der Waals surface area (Å²) in [6.45, 7) is 4.72. The second kappa shape index (κ2) is 8.37. The number of sulfonamides is 1. The monoisotopic (exact) mass is 397 g/mol. The number of aryl methyl sites for hydroxylation is 2. The predicted molar refractivity (Wildman–Crippen MR) is 111 cm³/mol. The van der Waals surface area contributed by atoms with Crippen LogP contribution in [0.15, 0.2) is 59.6 Å². The molecule has 7 nitrogen and oxygen atoms in total. The van der Waals surface area contributed by atoms with Crippen molar-refractivity contribution in [2.45, 2.75) is 25.2 Å². The largest absolute Gasteiger partial charge is 0.354 e. The third-order valence-corrected chi connectivity index (χ3v) is 5.27. The van der Waals surface area contributed by atoms with Gasteiger partial charge in [-0.05, 0) is 55.2 Å². The summed E-state index contributed by atoms with van der Waals surface area (Å²) in [7, 11) is -3.66. The molecule has 0 fully saturated rings. The van der Waals surface area contributed by atoms with Gasteiger partial charge in [-0.2, -0.15) is 4.98 Å². The Morgan fingerprint density at radius 3 is 2.32 bits per heavy atom. The molecule has 8 heteroatoms. The van der Waals surface area contributed by atoms with Crippen LogP contribution in [-0.4, -0.2) is 24.9 Å². The first kappa shape index (κ1) is 19.8. The van der Waals surface area contributed by atoms with Crippen LogP contribution < -0.4 is 15.8 Å². The van der Waals surface area contributed by atoms with Gasteiger partial charge in [0.15, 0.2) is 0 Å². The van der Waals surface area contributed by atoms with Crippen molar-refractivity contribution in [3.8, 4) is 0 Å². The lowest BCUT2D eigenvalue weighted by Gasteiger charge is -2.12. The Bertz CT molecular complexity index is 1050. The predicted octanol–water partition coefficient (Wildman–Crippen LogP) is 3.14. The van der Waals surface area contributed by atoms with Gasteiger partial charge in [0.25, 0.3) is 0 Å². The maximum Gasteiger partial charge on any atom is 0.238 e. The molecule has 3 aromatic rings. The first-order chi connectivity index (χ1) is 13.3. The van der Waals surface area contributed by atoms with Crippen molar-refractivity contribution in [1.82, 2.24) is 9.97 Å². The SMILES string of the molecule is Cc1cccc(C)c1Nc1ccnc(NCCc2ccc(S(N)(=O)=O)cc2)n1. The minimum atomic E-state index is -3.66. The van der Waals surface area contributed by atoms with E-state index in [1.165, 1.54) is 12.1 Å². The van der Waals surface area contributed by atoms with Crippen molar-refractivity contribution in [2.24, 2.45) is 5.14 Å². The number of nitrogens with two attached hydrogens (primary N) is 1. The number of benzene rings is 2. The molecular weight excluding hydrogens is 374 g/mol. The van der Waals surface area contributed by atoms with E-state index in [2.05, 4.69) is 46.6 Å². The molecule has 0 aliphatic rings. The lowest BCUT2D eigenvalue weighted by Crippen LogP contribution is -2.12. The highest BCUT2D eigenvalue weighted by atomic mass is 32.2. The first-order valence-electron chi connectivity index (χ1n) is 8.85. The normalized spacial score (nSPS) is 11.2. The Morgan fingerprint density at radius 1 is 1.00 bits per heavy atom. The molecule has 28 heavy (non-hydrogen) atoms. The number of para-hydroxylation sites is 1. The summed E-state index contributed by atoms with van der Waals surface area (Å²) in [5.41, 5.74) is 4.33. The van der Waals surface area contributed by atoms with Crippen molar-refractivity contribution in [3.05, 3.63) is 71.4 Å². The average molecular weight is 398 g/mol. The Labute approximate surface area is 165 Å². The summed E-state index contributed by atoms with van der Waals surface area (Å²) in [6, 6.07) is 14.5. The molecule has 0 aliphatic heterocycles. The molecule has 0 atom stereocenters. The Morgan fingerprint density at radius 2 is 1.68 bits per heavy atom. The van der Waals surface area contributed by atoms with E-state index < -0.39 is 10.0 Å². The second-order valence-corrected chi connectivity index (χ2v) is 8.08. The average Bonchev–Trinajstić information content (AvgIpc) is 2.65. The molecule has 4 N–H and O–H groups in total. The number of hydrogen-bond donors (Lipinski definition) is 3. The van der Waals surface area contributed by atoms with Gasteiger partial charge in [-0.3, -0.25) is 0 Å². The number of rotatable bonds is 7. The molecule has 0 amide bonds. The number of nitrogens with zero attached hydrogens (tertiary/aromatic N) is 2. The van der Waals surface area contributed by atoms with Gasteiger partial charge in [-0.15, -0.1) is 0 Å². The van der Waals surface area contributed by atoms with Gasteiger partial charge in [-0.25, -0.2) is 18.5 Å². The maximum atomic E-state index is 11.3. The van der Waals surface area contributed by atoms with Gasteiger partial charge in [-0.1, -0.05) is 30.3 Å². The third kappa shape index (κ3) is 5.05. The molecule has 3 rings (SSSR count). The van der Waals surface area contributed by atoms with E-state index in [1.807, 2.05) is 12.1 Å². The zero-order chi connectivity index (χ0) is 20.1. The van der Waals surface area contributed by atoms with Gasteiger partial charge in [0, 0.05) is 18.4 Å². The quantitative estimate of drug-likeness (QED) is 0.565. The van der Waals surface area contributed by atoms with Gasteiger partial charge in [0.1, 0.15) is 5.82 Å². The van der Waals surface area contributed by atoms with Crippen molar-refractivity contribution >= 4 is 27.5 Å². The van der Waals surface area contributed by atoms with E-state index in [0.29, 0.717) is 24.7 Å². The Hall–Kier alpha value is -2.97. The van der Waals surface area contributed by atoms with Crippen LogP contribution in [-0.2, 0) is 16.4 Å². The first-order valence-corrected chi connectivity index (χ1v) is 10.4. The van der Waals surface area contributed by atoms with Gasteiger partial charge in [0.2, 0.25) is 16.0 Å². The molecule has 0 bridgehead atoms. The third-order valence-electron chi connectivity index (χ3n) is 4.34. The molecule has 1 aromatic heterocycles. The zero-order valence-corrected chi connectivity index (χ0v) is 16.6. The van der Waals surface area contributed by atoms with Crippen LogP contribution in [0.4, 0.5) is 17.5 Å². The molecule has 0 aliphatic carbocycles. The molecule has 2 aromatic carbocycles. The summed E-state index contributed by atoms with van der Waals surface area (Å²) in [5, 5.41) is 11.6. The highest BCUT2D eigenvalue weighted by Crippen LogP contribution is 2.23. The van der Waals surface area contributed by atoms with Crippen LogP contribution in [0, 0.1) is 13.8 Å². The Balaban J connectivity index is 1.61. The van der Waals surface area contributed by atoms with E-state index in [0.717, 1.165) is 22.4 Å². The minimum Gasteiger partial charge on any atom is -0.354 e. The number of primary sulfonamides is 1. The standard InChI is InChI=1S/C20H23N5O2S/c1-14-4-3-5-15(2)19(14)24-18-11-13-23-20(25-18)22-12-10-16-6-8-17(9-7-16)28(21,26)27/h3-9,11,13H,10,12H2,1-2H3,(H2,21,26,27)(H2,22,23,24,25). The number of nitrogens with one attached hydrogen (secondary N) is 2. The fourth-order valence-electron chi connectivity index (χ4n) is 2.82. The molecule has 0 unspecified atom stereocenters. The Kier molecular flexibility index (Phi) is 5.91. The second-order valence-electron chi connectivity index (χ2n) is 6.52. The van der Waals surface area contributed by atoms with Crippen LogP contribution in [0.5, 0.6) is 0 Å². The van der Waals surface area contributed by atoms with Crippen LogP contribution in [0.3, 0.4) is 0 Å². The van der Waals surface area contributed by atoms with Gasteiger partial charge >= 0.3 is 0 Å². The summed E-state index contributed by atoms with van der Waals surface area (Å²) in [4.78, 5) is 8.85. The van der Waals surface area contributed by atoms with Crippen molar-refractivity contribution < 1.29 is 8.42 Å². The molecule has 0 spiro atoms. The van der Waals surface area contributed by atoms with Crippen molar-refractivity contribution in [3.63, 3.8) is 0 Å². The van der Waals surface area contributed by atoms with Crippen LogP contribution in [0.1, 0.15) is 16.7 Å². The highest BCUT2D eigenvalue weighted by Gasteiger charge is 2.07. The molecule has 0 radical (unpaired) electrons. The smallest absolute Gasteiger partial charge is 0.238 e. The van der Waals surface area contributed by atoms with E-state index in [-0.39, 0.29) is 4.90 Å². The number of hydrogen-bond acceptors (Lipinski definition) is 6. The summed E-state index contributed by atoms with van der Waals surface area (Å²) >= 11 is 0. The maximum absolute atomic E-state index is 11.3. The zero-order valence-electron chi connectivity index (χ0n) is 15.8. The summed E-state index contributed by atoms with van der Waals surface area (Å²) < 4.78 is 22.6. The van der Waals surface area contributed by atoms with Crippen molar-refractivity contribution in [1.29, 1.82) is 0 Å². The molecule has 1 heterocycles. The minimum absolute atomic E-state index is 0.109. The van der Waals surface area contributed by atoms with E-state index in [4.69, 9.17) is 5.14 Å². The molecule has 0 saturated heterocycles. The summed E-state index contributed by atoms with van der Waals surface area (Å²) in [5.74, 6) is 1.24.